The number of amides is 2. The molecule has 0 saturated carbocycles. The van der Waals surface area contributed by atoms with E-state index in [9.17, 15) is 14.4 Å². The minimum atomic E-state index is -0.555. The third kappa shape index (κ3) is 2.73. The van der Waals surface area contributed by atoms with Crippen LogP contribution in [0.3, 0.4) is 0 Å². The molecule has 0 unspecified atom stereocenters. The summed E-state index contributed by atoms with van der Waals surface area (Å²) in [5.74, 6) is -0.486. The lowest BCUT2D eigenvalue weighted by Crippen LogP contribution is -2.32. The van der Waals surface area contributed by atoms with Crippen molar-refractivity contribution in [2.45, 2.75) is 19.8 Å². The average molecular weight is 217 g/mol. The minimum absolute atomic E-state index is 0.132. The predicted octanol–water partition coefficient (Wildman–Crippen LogP) is 0.347. The van der Waals surface area contributed by atoms with Crippen LogP contribution in [0.2, 0.25) is 0 Å². The standard InChI is InChI=1S/C8H11NO4S/c1-2-14-5-8(12)13-9-6(10)3-4-7(9)11/h2-5H2,1H3. The Bertz CT molecular complexity index is 250. The van der Waals surface area contributed by atoms with Gasteiger partial charge in [-0.25, -0.2) is 4.79 Å². The third-order valence-electron chi connectivity index (χ3n) is 1.62. The molecule has 0 spiro atoms. The van der Waals surface area contributed by atoms with Crippen LogP contribution in [-0.4, -0.2) is 34.4 Å². The van der Waals surface area contributed by atoms with E-state index in [0.29, 0.717) is 5.06 Å². The second-order valence-corrected chi connectivity index (χ2v) is 3.96. The van der Waals surface area contributed by atoms with E-state index in [1.807, 2.05) is 6.92 Å². The fraction of sp³-hybridized carbons (Fsp3) is 0.625. The van der Waals surface area contributed by atoms with Crippen molar-refractivity contribution in [2.75, 3.05) is 11.5 Å². The summed E-state index contributed by atoms with van der Waals surface area (Å²) >= 11 is 1.38. The first-order chi connectivity index (χ1) is 6.65. The first kappa shape index (κ1) is 11.0. The van der Waals surface area contributed by atoms with Gasteiger partial charge in [-0.05, 0) is 5.75 Å². The zero-order valence-electron chi connectivity index (χ0n) is 7.82. The first-order valence-corrected chi connectivity index (χ1v) is 5.45. The topological polar surface area (TPSA) is 63.7 Å². The monoisotopic (exact) mass is 217 g/mol. The molecule has 0 aromatic heterocycles. The van der Waals surface area contributed by atoms with Crippen molar-refractivity contribution < 1.29 is 19.2 Å². The van der Waals surface area contributed by atoms with Gasteiger partial charge in [-0.15, -0.1) is 5.06 Å². The van der Waals surface area contributed by atoms with Gasteiger partial charge in [0, 0.05) is 12.8 Å². The Morgan fingerprint density at radius 1 is 1.43 bits per heavy atom. The predicted molar refractivity (Wildman–Crippen MR) is 50.2 cm³/mol. The maximum Gasteiger partial charge on any atom is 0.342 e. The van der Waals surface area contributed by atoms with Gasteiger partial charge in [0.2, 0.25) is 0 Å². The van der Waals surface area contributed by atoms with Gasteiger partial charge in [-0.2, -0.15) is 11.8 Å². The van der Waals surface area contributed by atoms with Crippen LogP contribution >= 0.6 is 11.8 Å². The van der Waals surface area contributed by atoms with Crippen LogP contribution in [0.4, 0.5) is 0 Å². The quantitative estimate of drug-likeness (QED) is 0.636. The van der Waals surface area contributed by atoms with Crippen molar-refractivity contribution in [3.63, 3.8) is 0 Å². The third-order valence-corrected chi connectivity index (χ3v) is 2.47. The van der Waals surface area contributed by atoms with Gasteiger partial charge in [-0.3, -0.25) is 9.59 Å². The van der Waals surface area contributed by atoms with Gasteiger partial charge in [0.25, 0.3) is 11.8 Å². The molecule has 0 N–H and O–H groups in total. The average Bonchev–Trinajstić information content (AvgIpc) is 2.46. The minimum Gasteiger partial charge on any atom is -0.329 e. The van der Waals surface area contributed by atoms with Gasteiger partial charge in [0.15, 0.2) is 0 Å². The van der Waals surface area contributed by atoms with Crippen molar-refractivity contribution in [1.29, 1.82) is 0 Å². The highest BCUT2D eigenvalue weighted by Crippen LogP contribution is 2.12. The smallest absolute Gasteiger partial charge is 0.329 e. The fourth-order valence-corrected chi connectivity index (χ4v) is 1.39. The van der Waals surface area contributed by atoms with E-state index >= 15 is 0 Å². The molecule has 0 bridgehead atoms. The van der Waals surface area contributed by atoms with Gasteiger partial charge in [0.1, 0.15) is 0 Å². The summed E-state index contributed by atoms with van der Waals surface area (Å²) in [5.41, 5.74) is 0. The van der Waals surface area contributed by atoms with E-state index in [2.05, 4.69) is 4.84 Å². The number of nitrogens with zero attached hydrogens (tertiary/aromatic N) is 1. The van der Waals surface area contributed by atoms with Crippen LogP contribution in [0.1, 0.15) is 19.8 Å². The van der Waals surface area contributed by atoms with Crippen molar-refractivity contribution in [3.8, 4) is 0 Å². The second-order valence-electron chi connectivity index (χ2n) is 2.68. The Kier molecular flexibility index (Phi) is 3.94. The van der Waals surface area contributed by atoms with Gasteiger partial charge >= 0.3 is 5.97 Å². The number of carbonyl (C=O) groups excluding carboxylic acids is 3. The van der Waals surface area contributed by atoms with E-state index in [1.54, 1.807) is 0 Å². The Morgan fingerprint density at radius 2 is 2.00 bits per heavy atom. The van der Waals surface area contributed by atoms with Gasteiger partial charge < -0.3 is 4.84 Å². The number of thioether (sulfide) groups is 1. The zero-order chi connectivity index (χ0) is 10.6. The molecular weight excluding hydrogens is 206 g/mol. The van der Waals surface area contributed by atoms with Crippen LogP contribution in [0, 0.1) is 0 Å². The Balaban J connectivity index is 2.39. The molecule has 0 atom stereocenters. The van der Waals surface area contributed by atoms with Crippen LogP contribution in [-0.2, 0) is 19.2 Å². The van der Waals surface area contributed by atoms with Crippen molar-refractivity contribution in [1.82, 2.24) is 5.06 Å². The van der Waals surface area contributed by atoms with Crippen molar-refractivity contribution in [3.05, 3.63) is 0 Å². The van der Waals surface area contributed by atoms with Crippen LogP contribution in [0.5, 0.6) is 0 Å². The number of imide groups is 1. The molecule has 0 aromatic rings. The molecule has 14 heavy (non-hydrogen) atoms. The van der Waals surface area contributed by atoms with Gasteiger partial charge in [-0.1, -0.05) is 6.92 Å². The van der Waals surface area contributed by atoms with Crippen molar-refractivity contribution in [2.24, 2.45) is 0 Å². The van der Waals surface area contributed by atoms with Gasteiger partial charge in [0.05, 0.1) is 5.75 Å². The summed E-state index contributed by atoms with van der Waals surface area (Å²) in [7, 11) is 0. The summed E-state index contributed by atoms with van der Waals surface area (Å²) in [4.78, 5) is 37.7. The molecule has 6 heteroatoms. The Morgan fingerprint density at radius 3 is 2.50 bits per heavy atom. The van der Waals surface area contributed by atoms with E-state index in [0.717, 1.165) is 5.75 Å². The molecule has 0 aliphatic carbocycles. The summed E-state index contributed by atoms with van der Waals surface area (Å²) in [5, 5.41) is 0.568. The molecular formula is C8H11NO4S. The molecule has 1 fully saturated rings. The first-order valence-electron chi connectivity index (χ1n) is 4.29. The normalized spacial score (nSPS) is 16.2. The molecule has 0 aromatic carbocycles. The van der Waals surface area contributed by atoms with Crippen molar-refractivity contribution >= 4 is 29.5 Å². The lowest BCUT2D eigenvalue weighted by atomic mass is 10.4. The summed E-state index contributed by atoms with van der Waals surface area (Å²) in [6.45, 7) is 1.91. The number of hydrogen-bond donors (Lipinski definition) is 0. The number of rotatable bonds is 4. The highest BCUT2D eigenvalue weighted by Gasteiger charge is 2.32. The summed E-state index contributed by atoms with van der Waals surface area (Å²) < 4.78 is 0. The van der Waals surface area contributed by atoms with Crippen LogP contribution < -0.4 is 0 Å². The molecule has 1 rings (SSSR count). The highest BCUT2D eigenvalue weighted by atomic mass is 32.2. The molecule has 1 aliphatic heterocycles. The Hall–Kier alpha value is -1.04. The van der Waals surface area contributed by atoms with E-state index in [4.69, 9.17) is 0 Å². The number of hydroxylamine groups is 2. The number of carbonyl (C=O) groups is 3. The van der Waals surface area contributed by atoms with E-state index in [-0.39, 0.29) is 18.6 Å². The lowest BCUT2D eigenvalue weighted by Gasteiger charge is -2.11. The Labute approximate surface area is 85.7 Å². The summed E-state index contributed by atoms with van der Waals surface area (Å²) in [6, 6.07) is 0. The number of hydrogen-bond acceptors (Lipinski definition) is 5. The second kappa shape index (κ2) is 4.99. The molecule has 78 valence electrons. The lowest BCUT2D eigenvalue weighted by molar-refractivity contribution is -0.195. The van der Waals surface area contributed by atoms with E-state index < -0.39 is 17.8 Å². The fourth-order valence-electron chi connectivity index (χ4n) is 0.971. The largest absolute Gasteiger partial charge is 0.342 e. The molecule has 5 nitrogen and oxygen atoms in total. The van der Waals surface area contributed by atoms with E-state index in [1.165, 1.54) is 11.8 Å². The summed E-state index contributed by atoms with van der Waals surface area (Å²) in [6.07, 6.45) is 0.264. The maximum atomic E-state index is 11.1. The molecule has 0 radical (unpaired) electrons. The molecule has 1 heterocycles. The molecule has 1 aliphatic rings. The van der Waals surface area contributed by atoms with Crippen LogP contribution in [0.25, 0.3) is 0 Å². The SMILES string of the molecule is CCSCC(=O)ON1C(=O)CCC1=O. The highest BCUT2D eigenvalue weighted by molar-refractivity contribution is 7.99. The maximum absolute atomic E-state index is 11.1. The zero-order valence-corrected chi connectivity index (χ0v) is 8.63. The molecule has 2 amide bonds. The molecule has 1 saturated heterocycles. The van der Waals surface area contributed by atoms with Crippen LogP contribution in [0.15, 0.2) is 0 Å².